The molecule has 2 atom stereocenters. The second kappa shape index (κ2) is 8.31. The molecule has 1 aromatic carbocycles. The summed E-state index contributed by atoms with van der Waals surface area (Å²) in [5.41, 5.74) is 0.548. The molecule has 126 valence electrons. The Labute approximate surface area is 140 Å². The molecule has 2 amide bonds. The van der Waals surface area contributed by atoms with Crippen LogP contribution in [0.3, 0.4) is 0 Å². The third-order valence-electron chi connectivity index (χ3n) is 3.72. The van der Waals surface area contributed by atoms with Crippen LogP contribution in [0.1, 0.15) is 13.8 Å². The highest BCUT2D eigenvalue weighted by atomic mass is 32.2. The molecule has 0 radical (unpaired) electrons. The maximum Gasteiger partial charge on any atom is 0.235 e. The zero-order valence-electron chi connectivity index (χ0n) is 13.3. The van der Waals surface area contributed by atoms with Gasteiger partial charge in [0, 0.05) is 31.4 Å². The maximum atomic E-state index is 12.8. The number of nitrogens with zero attached hydrogens (tertiary/aromatic N) is 1. The van der Waals surface area contributed by atoms with Crippen molar-refractivity contribution in [3.63, 3.8) is 0 Å². The van der Waals surface area contributed by atoms with Gasteiger partial charge in [0.15, 0.2) is 0 Å². The molecule has 1 fully saturated rings. The van der Waals surface area contributed by atoms with E-state index in [2.05, 4.69) is 10.6 Å². The van der Waals surface area contributed by atoms with Gasteiger partial charge in [-0.25, -0.2) is 4.39 Å². The van der Waals surface area contributed by atoms with Crippen molar-refractivity contribution in [2.75, 3.05) is 30.7 Å². The summed E-state index contributed by atoms with van der Waals surface area (Å²) in [4.78, 5) is 26.2. The van der Waals surface area contributed by atoms with E-state index in [9.17, 15) is 14.0 Å². The topological polar surface area (TPSA) is 61.4 Å². The van der Waals surface area contributed by atoms with E-state index in [-0.39, 0.29) is 34.7 Å². The molecule has 1 aliphatic heterocycles. The van der Waals surface area contributed by atoms with Gasteiger partial charge in [0.2, 0.25) is 11.8 Å². The molecule has 1 unspecified atom stereocenters. The Hall–Kier alpha value is -1.60. The molecule has 1 aromatic rings. The number of nitrogens with one attached hydrogen (secondary N) is 2. The SMILES string of the molecule is CC(SCC(=O)Nc1ccc(F)cc1)C(=O)N1CCNC[C@@H]1C. The average Bonchev–Trinajstić information content (AvgIpc) is 2.54. The summed E-state index contributed by atoms with van der Waals surface area (Å²) < 4.78 is 12.8. The summed E-state index contributed by atoms with van der Waals surface area (Å²) in [7, 11) is 0. The van der Waals surface area contributed by atoms with Gasteiger partial charge in [-0.2, -0.15) is 0 Å². The standard InChI is InChI=1S/C16H22FN3O2S/c1-11-9-18-7-8-20(11)16(22)12(2)23-10-15(21)19-14-5-3-13(17)4-6-14/h3-6,11-12,18H,7-10H2,1-2H3,(H,19,21)/t11-,12?/m0/s1. The number of carbonyl (C=O) groups is 2. The fourth-order valence-corrected chi connectivity index (χ4v) is 3.16. The minimum Gasteiger partial charge on any atom is -0.336 e. The molecule has 0 bridgehead atoms. The fraction of sp³-hybridized carbons (Fsp3) is 0.500. The highest BCUT2D eigenvalue weighted by Gasteiger charge is 2.27. The first-order valence-electron chi connectivity index (χ1n) is 7.65. The van der Waals surface area contributed by atoms with E-state index in [0.29, 0.717) is 12.2 Å². The Bertz CT molecular complexity index is 553. The number of rotatable bonds is 5. The molecule has 23 heavy (non-hydrogen) atoms. The number of halogens is 1. The number of piperazine rings is 1. The maximum absolute atomic E-state index is 12.8. The van der Waals surface area contributed by atoms with Crippen molar-refractivity contribution in [3.8, 4) is 0 Å². The third kappa shape index (κ3) is 5.21. The van der Waals surface area contributed by atoms with Crippen molar-refractivity contribution in [1.29, 1.82) is 0 Å². The highest BCUT2D eigenvalue weighted by Crippen LogP contribution is 2.17. The van der Waals surface area contributed by atoms with Crippen molar-refractivity contribution >= 4 is 29.3 Å². The molecule has 5 nitrogen and oxygen atoms in total. The molecular weight excluding hydrogens is 317 g/mol. The first-order valence-corrected chi connectivity index (χ1v) is 8.70. The Balaban J connectivity index is 1.78. The van der Waals surface area contributed by atoms with Crippen molar-refractivity contribution in [3.05, 3.63) is 30.1 Å². The van der Waals surface area contributed by atoms with Crippen molar-refractivity contribution in [2.24, 2.45) is 0 Å². The normalized spacial score (nSPS) is 19.3. The van der Waals surface area contributed by atoms with Gasteiger partial charge in [-0.15, -0.1) is 11.8 Å². The quantitative estimate of drug-likeness (QED) is 0.857. The molecule has 0 aliphatic carbocycles. The van der Waals surface area contributed by atoms with E-state index < -0.39 is 0 Å². The van der Waals surface area contributed by atoms with Crippen LogP contribution in [0.4, 0.5) is 10.1 Å². The van der Waals surface area contributed by atoms with Crippen LogP contribution in [0, 0.1) is 5.82 Å². The molecule has 0 spiro atoms. The van der Waals surface area contributed by atoms with Gasteiger partial charge >= 0.3 is 0 Å². The predicted octanol–water partition coefficient (Wildman–Crippen LogP) is 1.71. The summed E-state index contributed by atoms with van der Waals surface area (Å²) in [5, 5.41) is 5.67. The lowest BCUT2D eigenvalue weighted by Crippen LogP contribution is -2.54. The number of benzene rings is 1. The van der Waals surface area contributed by atoms with Crippen LogP contribution < -0.4 is 10.6 Å². The summed E-state index contributed by atoms with van der Waals surface area (Å²) >= 11 is 1.31. The average molecular weight is 339 g/mol. The molecule has 0 aromatic heterocycles. The van der Waals surface area contributed by atoms with Crippen molar-refractivity contribution in [1.82, 2.24) is 10.2 Å². The first-order chi connectivity index (χ1) is 11.0. The van der Waals surface area contributed by atoms with E-state index in [0.717, 1.165) is 13.1 Å². The van der Waals surface area contributed by atoms with Crippen molar-refractivity contribution in [2.45, 2.75) is 25.1 Å². The van der Waals surface area contributed by atoms with Crippen LogP contribution in [0.2, 0.25) is 0 Å². The Morgan fingerprint density at radius 2 is 2.13 bits per heavy atom. The lowest BCUT2D eigenvalue weighted by atomic mass is 10.2. The van der Waals surface area contributed by atoms with Gasteiger partial charge < -0.3 is 15.5 Å². The predicted molar refractivity (Wildman–Crippen MR) is 91.0 cm³/mol. The van der Waals surface area contributed by atoms with Crippen LogP contribution in [-0.4, -0.2) is 53.4 Å². The van der Waals surface area contributed by atoms with Crippen LogP contribution >= 0.6 is 11.8 Å². The number of anilines is 1. The van der Waals surface area contributed by atoms with Gasteiger partial charge in [-0.3, -0.25) is 9.59 Å². The molecule has 2 rings (SSSR count). The van der Waals surface area contributed by atoms with Crippen LogP contribution in [-0.2, 0) is 9.59 Å². The lowest BCUT2D eigenvalue weighted by molar-refractivity contribution is -0.133. The molecule has 1 heterocycles. The third-order valence-corrected chi connectivity index (χ3v) is 4.86. The fourth-order valence-electron chi connectivity index (χ4n) is 2.40. The van der Waals surface area contributed by atoms with E-state index in [1.54, 1.807) is 0 Å². The Kier molecular flexibility index (Phi) is 6.41. The lowest BCUT2D eigenvalue weighted by Gasteiger charge is -2.35. The summed E-state index contributed by atoms with van der Waals surface area (Å²) in [5.74, 6) is -0.292. The van der Waals surface area contributed by atoms with Gasteiger partial charge in [-0.1, -0.05) is 0 Å². The van der Waals surface area contributed by atoms with Gasteiger partial charge in [-0.05, 0) is 38.1 Å². The zero-order chi connectivity index (χ0) is 16.8. The monoisotopic (exact) mass is 339 g/mol. The Morgan fingerprint density at radius 3 is 2.78 bits per heavy atom. The zero-order valence-corrected chi connectivity index (χ0v) is 14.2. The second-order valence-electron chi connectivity index (χ2n) is 5.59. The van der Waals surface area contributed by atoms with E-state index in [1.165, 1.54) is 36.0 Å². The van der Waals surface area contributed by atoms with Gasteiger partial charge in [0.25, 0.3) is 0 Å². The van der Waals surface area contributed by atoms with Crippen LogP contribution in [0.25, 0.3) is 0 Å². The molecule has 7 heteroatoms. The van der Waals surface area contributed by atoms with Crippen LogP contribution in [0.15, 0.2) is 24.3 Å². The number of amides is 2. The van der Waals surface area contributed by atoms with Crippen molar-refractivity contribution < 1.29 is 14.0 Å². The number of hydrogen-bond acceptors (Lipinski definition) is 4. The molecule has 2 N–H and O–H groups in total. The molecule has 0 saturated carbocycles. The van der Waals surface area contributed by atoms with Gasteiger partial charge in [0.1, 0.15) is 5.82 Å². The first kappa shape index (κ1) is 17.7. The minimum absolute atomic E-state index is 0.0681. The molecular formula is C16H22FN3O2S. The van der Waals surface area contributed by atoms with E-state index in [4.69, 9.17) is 0 Å². The summed E-state index contributed by atoms with van der Waals surface area (Å²) in [6, 6.07) is 5.78. The van der Waals surface area contributed by atoms with E-state index >= 15 is 0 Å². The smallest absolute Gasteiger partial charge is 0.235 e. The van der Waals surface area contributed by atoms with Crippen LogP contribution in [0.5, 0.6) is 0 Å². The minimum atomic E-state index is -0.346. The largest absolute Gasteiger partial charge is 0.336 e. The highest BCUT2D eigenvalue weighted by molar-refractivity contribution is 8.01. The summed E-state index contributed by atoms with van der Waals surface area (Å²) in [6.45, 7) is 6.15. The Morgan fingerprint density at radius 1 is 1.43 bits per heavy atom. The summed E-state index contributed by atoms with van der Waals surface area (Å²) in [6.07, 6.45) is 0. The number of thioether (sulfide) groups is 1. The molecule has 1 aliphatic rings. The van der Waals surface area contributed by atoms with Gasteiger partial charge in [0.05, 0.1) is 11.0 Å². The number of carbonyl (C=O) groups excluding carboxylic acids is 2. The number of hydrogen-bond donors (Lipinski definition) is 2. The van der Waals surface area contributed by atoms with E-state index in [1.807, 2.05) is 18.7 Å². The molecule has 1 saturated heterocycles. The second-order valence-corrected chi connectivity index (χ2v) is 6.92.